The van der Waals surface area contributed by atoms with Crippen molar-refractivity contribution in [3.8, 4) is 11.5 Å². The molecule has 0 spiro atoms. The molecular formula is C16H17FO. The molecule has 0 aliphatic carbocycles. The lowest BCUT2D eigenvalue weighted by molar-refractivity contribution is 0.441. The molecule has 18 heavy (non-hydrogen) atoms. The van der Waals surface area contributed by atoms with E-state index in [-0.39, 0.29) is 11.6 Å². The van der Waals surface area contributed by atoms with E-state index in [9.17, 15) is 4.39 Å². The van der Waals surface area contributed by atoms with Crippen LogP contribution in [0.3, 0.4) is 0 Å². The highest BCUT2D eigenvalue weighted by Gasteiger charge is 2.09. The predicted octanol–water partition coefficient (Wildman–Crippen LogP) is 5.13. The first-order valence-electron chi connectivity index (χ1n) is 6.23. The maximum Gasteiger partial charge on any atom is 0.166 e. The quantitative estimate of drug-likeness (QED) is 0.724. The van der Waals surface area contributed by atoms with Crippen LogP contribution in [0.15, 0.2) is 48.5 Å². The van der Waals surface area contributed by atoms with Crippen LogP contribution in [-0.4, -0.2) is 0 Å². The van der Waals surface area contributed by atoms with Gasteiger partial charge in [-0.05, 0) is 42.2 Å². The van der Waals surface area contributed by atoms with Gasteiger partial charge >= 0.3 is 0 Å². The van der Waals surface area contributed by atoms with Crippen molar-refractivity contribution in [3.63, 3.8) is 0 Å². The van der Waals surface area contributed by atoms with Crippen LogP contribution in [0.25, 0.3) is 0 Å². The summed E-state index contributed by atoms with van der Waals surface area (Å²) in [6.07, 6.45) is 0.998. The molecule has 94 valence electrons. The van der Waals surface area contributed by atoms with E-state index >= 15 is 0 Å². The predicted molar refractivity (Wildman–Crippen MR) is 71.6 cm³/mol. The van der Waals surface area contributed by atoms with Crippen molar-refractivity contribution >= 4 is 0 Å². The van der Waals surface area contributed by atoms with Crippen molar-refractivity contribution in [3.05, 3.63) is 59.9 Å². The maximum absolute atomic E-state index is 13.9. The van der Waals surface area contributed by atoms with E-state index < -0.39 is 0 Å². The highest BCUT2D eigenvalue weighted by atomic mass is 19.1. The fraction of sp³-hybridized carbons (Fsp3) is 0.250. The van der Waals surface area contributed by atoms with Crippen molar-refractivity contribution in [2.45, 2.75) is 26.2 Å². The zero-order valence-electron chi connectivity index (χ0n) is 10.7. The van der Waals surface area contributed by atoms with E-state index in [4.69, 9.17) is 4.74 Å². The van der Waals surface area contributed by atoms with Gasteiger partial charge in [0, 0.05) is 0 Å². The Labute approximate surface area is 107 Å². The molecule has 1 nitrogen and oxygen atoms in total. The summed E-state index contributed by atoms with van der Waals surface area (Å²) in [6.45, 7) is 4.18. The van der Waals surface area contributed by atoms with E-state index in [1.165, 1.54) is 0 Å². The van der Waals surface area contributed by atoms with Gasteiger partial charge in [-0.3, -0.25) is 0 Å². The Morgan fingerprint density at radius 3 is 2.44 bits per heavy atom. The molecule has 2 heteroatoms. The van der Waals surface area contributed by atoms with E-state index in [0.717, 1.165) is 12.0 Å². The first kappa shape index (κ1) is 12.6. The summed E-state index contributed by atoms with van der Waals surface area (Å²) in [7, 11) is 0. The van der Waals surface area contributed by atoms with Gasteiger partial charge in [0.1, 0.15) is 5.75 Å². The Morgan fingerprint density at radius 2 is 1.83 bits per heavy atom. The molecule has 0 saturated carbocycles. The molecule has 2 aromatic carbocycles. The highest BCUT2D eigenvalue weighted by molar-refractivity contribution is 5.35. The minimum Gasteiger partial charge on any atom is -0.454 e. The zero-order valence-corrected chi connectivity index (χ0v) is 10.7. The minimum atomic E-state index is -0.309. The summed E-state index contributed by atoms with van der Waals surface area (Å²) in [5.74, 6) is 0.975. The fourth-order valence-electron chi connectivity index (χ4n) is 1.76. The van der Waals surface area contributed by atoms with E-state index in [1.807, 2.05) is 36.4 Å². The summed E-state index contributed by atoms with van der Waals surface area (Å²) in [5, 5.41) is 0. The zero-order chi connectivity index (χ0) is 13.0. The monoisotopic (exact) mass is 244 g/mol. The van der Waals surface area contributed by atoms with Crippen molar-refractivity contribution < 1.29 is 9.13 Å². The second-order valence-corrected chi connectivity index (χ2v) is 4.41. The number of ether oxygens (including phenoxy) is 1. The molecule has 1 unspecified atom stereocenters. The maximum atomic E-state index is 13.9. The lowest BCUT2D eigenvalue weighted by Crippen LogP contribution is -1.94. The molecule has 0 amide bonds. The number of rotatable bonds is 4. The lowest BCUT2D eigenvalue weighted by atomic mass is 9.98. The minimum absolute atomic E-state index is 0.272. The third kappa shape index (κ3) is 2.89. The second-order valence-electron chi connectivity index (χ2n) is 4.41. The van der Waals surface area contributed by atoms with Gasteiger partial charge in [-0.2, -0.15) is 0 Å². The van der Waals surface area contributed by atoms with Crippen molar-refractivity contribution in [1.29, 1.82) is 0 Å². The van der Waals surface area contributed by atoms with E-state index in [0.29, 0.717) is 11.7 Å². The Bertz CT molecular complexity index is 508. The Hall–Kier alpha value is -1.83. The number of hydrogen-bond acceptors (Lipinski definition) is 1. The van der Waals surface area contributed by atoms with Gasteiger partial charge < -0.3 is 4.74 Å². The summed E-state index contributed by atoms with van der Waals surface area (Å²) in [6, 6.07) is 14.4. The van der Waals surface area contributed by atoms with E-state index in [1.54, 1.807) is 12.1 Å². The molecule has 0 saturated heterocycles. The standard InChI is InChI=1S/C16H17FO/c1-3-12(2)13-9-10-16(15(17)11-13)18-14-7-5-4-6-8-14/h4-12H,3H2,1-2H3. The van der Waals surface area contributed by atoms with Crippen molar-refractivity contribution in [2.75, 3.05) is 0 Å². The van der Waals surface area contributed by atoms with Crippen LogP contribution in [-0.2, 0) is 0 Å². The van der Waals surface area contributed by atoms with Gasteiger partial charge in [0.15, 0.2) is 11.6 Å². The molecule has 0 fully saturated rings. The number of benzene rings is 2. The van der Waals surface area contributed by atoms with Gasteiger partial charge in [0.2, 0.25) is 0 Å². The average molecular weight is 244 g/mol. The summed E-state index contributed by atoms with van der Waals surface area (Å²) >= 11 is 0. The smallest absolute Gasteiger partial charge is 0.166 e. The van der Waals surface area contributed by atoms with Crippen LogP contribution in [0.2, 0.25) is 0 Å². The molecular weight excluding hydrogens is 227 g/mol. The molecule has 0 aliphatic rings. The Morgan fingerprint density at radius 1 is 1.11 bits per heavy atom. The molecule has 0 radical (unpaired) electrons. The number of para-hydroxylation sites is 1. The first-order chi connectivity index (χ1) is 8.70. The lowest BCUT2D eigenvalue weighted by Gasteiger charge is -2.11. The third-order valence-electron chi connectivity index (χ3n) is 3.11. The van der Waals surface area contributed by atoms with Gasteiger partial charge in [-0.15, -0.1) is 0 Å². The SMILES string of the molecule is CCC(C)c1ccc(Oc2ccccc2)c(F)c1. The van der Waals surface area contributed by atoms with Crippen LogP contribution in [0.4, 0.5) is 4.39 Å². The first-order valence-corrected chi connectivity index (χ1v) is 6.23. The summed E-state index contributed by atoms with van der Waals surface area (Å²) < 4.78 is 19.4. The van der Waals surface area contributed by atoms with Crippen LogP contribution >= 0.6 is 0 Å². The molecule has 1 atom stereocenters. The van der Waals surface area contributed by atoms with Crippen LogP contribution in [0.1, 0.15) is 31.7 Å². The van der Waals surface area contributed by atoms with Crippen molar-refractivity contribution in [1.82, 2.24) is 0 Å². The molecule has 0 bridgehead atoms. The largest absolute Gasteiger partial charge is 0.454 e. The topological polar surface area (TPSA) is 9.23 Å². The molecule has 0 aliphatic heterocycles. The van der Waals surface area contributed by atoms with Gasteiger partial charge in [0.05, 0.1) is 0 Å². The van der Waals surface area contributed by atoms with E-state index in [2.05, 4.69) is 13.8 Å². The van der Waals surface area contributed by atoms with Crippen molar-refractivity contribution in [2.24, 2.45) is 0 Å². The Kier molecular flexibility index (Phi) is 3.98. The molecule has 0 aromatic heterocycles. The summed E-state index contributed by atoms with van der Waals surface area (Å²) in [5.41, 5.74) is 1.01. The summed E-state index contributed by atoms with van der Waals surface area (Å²) in [4.78, 5) is 0. The fourth-order valence-corrected chi connectivity index (χ4v) is 1.76. The molecule has 0 N–H and O–H groups in total. The van der Waals surface area contributed by atoms with Crippen LogP contribution in [0, 0.1) is 5.82 Å². The van der Waals surface area contributed by atoms with Gasteiger partial charge in [-0.1, -0.05) is 38.1 Å². The third-order valence-corrected chi connectivity index (χ3v) is 3.11. The normalized spacial score (nSPS) is 12.2. The number of halogens is 1. The van der Waals surface area contributed by atoms with Crippen LogP contribution in [0.5, 0.6) is 11.5 Å². The van der Waals surface area contributed by atoms with Crippen LogP contribution < -0.4 is 4.74 Å². The van der Waals surface area contributed by atoms with Gasteiger partial charge in [-0.25, -0.2) is 4.39 Å². The highest BCUT2D eigenvalue weighted by Crippen LogP contribution is 2.28. The Balaban J connectivity index is 2.20. The second kappa shape index (κ2) is 5.67. The molecule has 2 aromatic rings. The molecule has 2 rings (SSSR count). The molecule has 0 heterocycles. The van der Waals surface area contributed by atoms with Gasteiger partial charge in [0.25, 0.3) is 0 Å². The average Bonchev–Trinajstić information content (AvgIpc) is 2.41. The number of hydrogen-bond donors (Lipinski definition) is 0.